The molecule has 18 heavy (non-hydrogen) atoms. The van der Waals surface area contributed by atoms with Gasteiger partial charge in [-0.05, 0) is 32.1 Å². The van der Waals surface area contributed by atoms with E-state index in [1.54, 1.807) is 4.90 Å². The van der Waals surface area contributed by atoms with Crippen molar-refractivity contribution in [3.8, 4) is 0 Å². The molecule has 4 nitrogen and oxygen atoms in total. The Bertz CT molecular complexity index is 353. The molecule has 100 valence electrons. The predicted molar refractivity (Wildman–Crippen MR) is 67.8 cm³/mol. The Morgan fingerprint density at radius 1 is 1.50 bits per heavy atom. The fourth-order valence-corrected chi connectivity index (χ4v) is 2.90. The van der Waals surface area contributed by atoms with Gasteiger partial charge in [0.05, 0.1) is 11.8 Å². The van der Waals surface area contributed by atoms with Crippen LogP contribution in [0.4, 0.5) is 0 Å². The van der Waals surface area contributed by atoms with E-state index in [-0.39, 0.29) is 29.8 Å². The van der Waals surface area contributed by atoms with Crippen LogP contribution >= 0.6 is 0 Å². The van der Waals surface area contributed by atoms with Crippen molar-refractivity contribution >= 4 is 11.9 Å². The SMILES string of the molecule is C=CCCCCN(C)C(=O)C1C[C@@H]2C[C@H]1C(=O)O2. The molecule has 0 N–H and O–H groups in total. The second-order valence-electron chi connectivity index (χ2n) is 5.29. The first kappa shape index (κ1) is 13.1. The third-order valence-corrected chi connectivity index (χ3v) is 3.95. The molecule has 1 amide bonds. The van der Waals surface area contributed by atoms with Crippen LogP contribution in [0.2, 0.25) is 0 Å². The Labute approximate surface area is 108 Å². The zero-order valence-electron chi connectivity index (χ0n) is 10.9. The summed E-state index contributed by atoms with van der Waals surface area (Å²) in [5.74, 6) is -0.388. The molecular formula is C14H21NO3. The van der Waals surface area contributed by atoms with Crippen LogP contribution in [0.1, 0.15) is 32.1 Å². The van der Waals surface area contributed by atoms with Gasteiger partial charge in [0.15, 0.2) is 0 Å². The molecule has 1 aliphatic heterocycles. The molecule has 1 unspecified atom stereocenters. The number of amides is 1. The highest BCUT2D eigenvalue weighted by molar-refractivity contribution is 5.87. The van der Waals surface area contributed by atoms with E-state index in [9.17, 15) is 9.59 Å². The molecule has 2 rings (SSSR count). The predicted octanol–water partition coefficient (Wildman–Crippen LogP) is 1.75. The van der Waals surface area contributed by atoms with Crippen molar-refractivity contribution < 1.29 is 14.3 Å². The number of esters is 1. The van der Waals surface area contributed by atoms with E-state index in [1.807, 2.05) is 13.1 Å². The van der Waals surface area contributed by atoms with Crippen molar-refractivity contribution in [1.29, 1.82) is 0 Å². The zero-order valence-corrected chi connectivity index (χ0v) is 10.9. The Hall–Kier alpha value is -1.32. The molecule has 4 heteroatoms. The Balaban J connectivity index is 1.80. The van der Waals surface area contributed by atoms with Gasteiger partial charge in [-0.3, -0.25) is 9.59 Å². The van der Waals surface area contributed by atoms with Crippen molar-refractivity contribution in [2.45, 2.75) is 38.2 Å². The maximum atomic E-state index is 12.2. The summed E-state index contributed by atoms with van der Waals surface area (Å²) in [6.07, 6.45) is 6.37. The number of hydrogen-bond donors (Lipinski definition) is 0. The van der Waals surface area contributed by atoms with Gasteiger partial charge in [-0.2, -0.15) is 0 Å². The molecule has 2 aliphatic rings. The number of carbonyl (C=O) groups excluding carboxylic acids is 2. The largest absolute Gasteiger partial charge is 0.462 e. The average Bonchev–Trinajstić information content (AvgIpc) is 2.92. The summed E-state index contributed by atoms with van der Waals surface area (Å²) < 4.78 is 5.11. The zero-order chi connectivity index (χ0) is 13.1. The van der Waals surface area contributed by atoms with Crippen molar-refractivity contribution in [3.05, 3.63) is 12.7 Å². The lowest BCUT2D eigenvalue weighted by Crippen LogP contribution is -2.39. The van der Waals surface area contributed by atoms with E-state index in [1.165, 1.54) is 0 Å². The molecule has 2 fully saturated rings. The number of carbonyl (C=O) groups is 2. The number of unbranched alkanes of at least 4 members (excludes halogenated alkanes) is 2. The van der Waals surface area contributed by atoms with Crippen molar-refractivity contribution in [2.75, 3.05) is 13.6 Å². The fourth-order valence-electron chi connectivity index (χ4n) is 2.90. The van der Waals surface area contributed by atoms with Crippen LogP contribution in [0.5, 0.6) is 0 Å². The van der Waals surface area contributed by atoms with Gasteiger partial charge in [0.1, 0.15) is 6.10 Å². The van der Waals surface area contributed by atoms with Gasteiger partial charge in [-0.15, -0.1) is 6.58 Å². The van der Waals surface area contributed by atoms with E-state index in [0.29, 0.717) is 6.42 Å². The van der Waals surface area contributed by atoms with Gasteiger partial charge in [-0.25, -0.2) is 0 Å². The lowest BCUT2D eigenvalue weighted by atomic mass is 9.94. The molecule has 0 radical (unpaired) electrons. The van der Waals surface area contributed by atoms with Crippen molar-refractivity contribution in [3.63, 3.8) is 0 Å². The second kappa shape index (κ2) is 5.55. The van der Waals surface area contributed by atoms with Crippen LogP contribution in [-0.4, -0.2) is 36.5 Å². The quantitative estimate of drug-likeness (QED) is 0.410. The number of rotatable bonds is 6. The first-order valence-electron chi connectivity index (χ1n) is 6.70. The molecule has 0 aromatic heterocycles. The minimum atomic E-state index is -0.182. The van der Waals surface area contributed by atoms with Gasteiger partial charge in [-0.1, -0.05) is 6.08 Å². The maximum Gasteiger partial charge on any atom is 0.310 e. The van der Waals surface area contributed by atoms with Crippen LogP contribution in [0, 0.1) is 11.8 Å². The third-order valence-electron chi connectivity index (χ3n) is 3.95. The summed E-state index contributed by atoms with van der Waals surface area (Å²) in [5.41, 5.74) is 0. The number of hydrogen-bond acceptors (Lipinski definition) is 3. The van der Waals surface area contributed by atoms with Crippen molar-refractivity contribution in [1.82, 2.24) is 4.90 Å². The van der Waals surface area contributed by atoms with Gasteiger partial charge in [0, 0.05) is 13.6 Å². The summed E-state index contributed by atoms with van der Waals surface area (Å²) in [7, 11) is 1.83. The topological polar surface area (TPSA) is 46.6 Å². The Morgan fingerprint density at radius 2 is 2.28 bits per heavy atom. The van der Waals surface area contributed by atoms with Gasteiger partial charge in [0.25, 0.3) is 0 Å². The number of ether oxygens (including phenoxy) is 1. The van der Waals surface area contributed by atoms with E-state index in [0.717, 1.165) is 32.2 Å². The monoisotopic (exact) mass is 251 g/mol. The van der Waals surface area contributed by atoms with Crippen LogP contribution in [-0.2, 0) is 14.3 Å². The van der Waals surface area contributed by atoms with Gasteiger partial charge >= 0.3 is 5.97 Å². The van der Waals surface area contributed by atoms with Crippen LogP contribution in [0.15, 0.2) is 12.7 Å². The molecule has 1 heterocycles. The van der Waals surface area contributed by atoms with Gasteiger partial charge < -0.3 is 9.64 Å². The summed E-state index contributed by atoms with van der Waals surface area (Å²) in [6, 6.07) is 0. The first-order valence-corrected chi connectivity index (χ1v) is 6.70. The Morgan fingerprint density at radius 3 is 2.89 bits per heavy atom. The highest BCUT2D eigenvalue weighted by Crippen LogP contribution is 2.41. The number of allylic oxidation sites excluding steroid dienone is 1. The molecule has 1 aliphatic carbocycles. The fraction of sp³-hybridized carbons (Fsp3) is 0.714. The summed E-state index contributed by atoms with van der Waals surface area (Å²) in [6.45, 7) is 4.44. The lowest BCUT2D eigenvalue weighted by Gasteiger charge is -2.25. The lowest BCUT2D eigenvalue weighted by molar-refractivity contribution is -0.155. The van der Waals surface area contributed by atoms with Crippen LogP contribution in [0.25, 0.3) is 0 Å². The third kappa shape index (κ3) is 2.57. The number of nitrogens with zero attached hydrogens (tertiary/aromatic N) is 1. The minimum absolute atomic E-state index is 0.00869. The molecule has 0 aromatic rings. The smallest absolute Gasteiger partial charge is 0.310 e. The summed E-state index contributed by atoms with van der Waals surface area (Å²) in [5, 5.41) is 0. The molecule has 0 spiro atoms. The highest BCUT2D eigenvalue weighted by Gasteiger charge is 2.51. The second-order valence-corrected chi connectivity index (χ2v) is 5.29. The minimum Gasteiger partial charge on any atom is -0.462 e. The standard InChI is InChI=1S/C14H21NO3/c1-3-4-5-6-7-15(2)13(16)11-8-10-9-12(11)14(17)18-10/h3,10-12H,1,4-9H2,2H3/t10-,11?,12-/m1/s1. The van der Waals surface area contributed by atoms with E-state index in [2.05, 4.69) is 6.58 Å². The molecule has 1 saturated carbocycles. The van der Waals surface area contributed by atoms with E-state index in [4.69, 9.17) is 4.74 Å². The molecule has 1 saturated heterocycles. The average molecular weight is 251 g/mol. The molecular weight excluding hydrogens is 230 g/mol. The number of fused-ring (bicyclic) bond motifs is 2. The Kier molecular flexibility index (Phi) is 4.04. The van der Waals surface area contributed by atoms with Crippen LogP contribution < -0.4 is 0 Å². The summed E-state index contributed by atoms with van der Waals surface area (Å²) in [4.78, 5) is 25.5. The normalized spacial score (nSPS) is 29.2. The maximum absolute atomic E-state index is 12.2. The van der Waals surface area contributed by atoms with E-state index >= 15 is 0 Å². The van der Waals surface area contributed by atoms with Crippen molar-refractivity contribution in [2.24, 2.45) is 11.8 Å². The van der Waals surface area contributed by atoms with E-state index < -0.39 is 0 Å². The molecule has 2 bridgehead atoms. The summed E-state index contributed by atoms with van der Waals surface area (Å²) >= 11 is 0. The first-order chi connectivity index (χ1) is 8.63. The van der Waals surface area contributed by atoms with Crippen LogP contribution in [0.3, 0.4) is 0 Å². The highest BCUT2D eigenvalue weighted by atomic mass is 16.6. The molecule has 3 atom stereocenters. The van der Waals surface area contributed by atoms with Gasteiger partial charge in [0.2, 0.25) is 5.91 Å². The molecule has 0 aromatic carbocycles.